The number of carbonyl (C=O) groups is 4. The van der Waals surface area contributed by atoms with Crippen LogP contribution in [0.4, 0.5) is 11.4 Å². The van der Waals surface area contributed by atoms with Crippen molar-refractivity contribution in [3.63, 3.8) is 0 Å². The summed E-state index contributed by atoms with van der Waals surface area (Å²) in [4.78, 5) is 55.0. The highest BCUT2D eigenvalue weighted by Gasteiger charge is 2.62. The summed E-state index contributed by atoms with van der Waals surface area (Å²) in [5.74, 6) is -3.75. The zero-order chi connectivity index (χ0) is 28.2. The number of imide groups is 1. The smallest absolute Gasteiger partial charge is 0.340 e. The van der Waals surface area contributed by atoms with Gasteiger partial charge in [-0.1, -0.05) is 84.4 Å². The number of para-hydroxylation sites is 2. The molecule has 0 saturated carbocycles. The summed E-state index contributed by atoms with van der Waals surface area (Å²) in [6.07, 6.45) is 0. The lowest BCUT2D eigenvalue weighted by atomic mass is 9.55. The molecule has 2 bridgehead atoms. The van der Waals surface area contributed by atoms with Gasteiger partial charge in [0.25, 0.3) is 5.91 Å². The zero-order valence-corrected chi connectivity index (χ0v) is 22.4. The van der Waals surface area contributed by atoms with Crippen molar-refractivity contribution in [3.05, 3.63) is 130 Å². The summed E-state index contributed by atoms with van der Waals surface area (Å²) in [7, 11) is 0. The molecule has 7 nitrogen and oxygen atoms in total. The monoisotopic (exact) mass is 562 g/mol. The van der Waals surface area contributed by atoms with Crippen molar-refractivity contribution in [1.82, 2.24) is 0 Å². The van der Waals surface area contributed by atoms with E-state index in [2.05, 4.69) is 5.32 Å². The van der Waals surface area contributed by atoms with Gasteiger partial charge in [0.15, 0.2) is 6.61 Å². The molecule has 8 heteroatoms. The molecule has 0 aromatic heterocycles. The van der Waals surface area contributed by atoms with E-state index in [4.69, 9.17) is 16.3 Å². The summed E-state index contributed by atoms with van der Waals surface area (Å²) in [5.41, 5.74) is 4.84. The molecule has 4 aromatic carbocycles. The summed E-state index contributed by atoms with van der Waals surface area (Å²) in [6, 6.07) is 29.1. The fourth-order valence-corrected chi connectivity index (χ4v) is 6.90. The Morgan fingerprint density at radius 2 is 1.20 bits per heavy atom. The molecule has 1 saturated heterocycles. The molecule has 3 aliphatic carbocycles. The SMILES string of the molecule is O=C(COC(=O)c1ccccc1N1C(=O)[C@@H]2C3c4ccccc4C(c4ccccc43)[C@@H]2C1=O)Nc1ccccc1Cl. The number of halogens is 1. The lowest BCUT2D eigenvalue weighted by Gasteiger charge is -2.45. The highest BCUT2D eigenvalue weighted by Crippen LogP contribution is 2.61. The highest BCUT2D eigenvalue weighted by atomic mass is 35.5. The maximum atomic E-state index is 14.1. The maximum absolute atomic E-state index is 14.1. The predicted molar refractivity (Wildman–Crippen MR) is 153 cm³/mol. The first-order valence-corrected chi connectivity index (χ1v) is 13.7. The third-order valence-corrected chi connectivity index (χ3v) is 8.63. The lowest BCUT2D eigenvalue weighted by molar-refractivity contribution is -0.122. The number of esters is 1. The van der Waals surface area contributed by atoms with E-state index >= 15 is 0 Å². The number of nitrogens with one attached hydrogen (secondary N) is 1. The molecule has 1 N–H and O–H groups in total. The Bertz CT molecular complexity index is 1650. The van der Waals surface area contributed by atoms with Crippen molar-refractivity contribution in [3.8, 4) is 0 Å². The average Bonchev–Trinajstić information content (AvgIpc) is 3.27. The minimum Gasteiger partial charge on any atom is -0.452 e. The largest absolute Gasteiger partial charge is 0.452 e. The van der Waals surface area contributed by atoms with E-state index in [0.717, 1.165) is 27.2 Å². The van der Waals surface area contributed by atoms with Crippen molar-refractivity contribution in [2.75, 3.05) is 16.8 Å². The van der Waals surface area contributed by atoms with E-state index < -0.39 is 30.3 Å². The molecule has 1 fully saturated rings. The molecule has 2 atom stereocenters. The molecule has 0 spiro atoms. The number of amides is 3. The number of benzene rings is 4. The van der Waals surface area contributed by atoms with Crippen LogP contribution < -0.4 is 10.2 Å². The summed E-state index contributed by atoms with van der Waals surface area (Å²) < 4.78 is 5.30. The fraction of sp³-hybridized carbons (Fsp3) is 0.152. The second-order valence-electron chi connectivity index (χ2n) is 10.4. The van der Waals surface area contributed by atoms with Crippen LogP contribution in [0.1, 0.15) is 44.4 Å². The molecule has 4 aromatic rings. The van der Waals surface area contributed by atoms with Gasteiger partial charge in [-0.3, -0.25) is 14.4 Å². The van der Waals surface area contributed by atoms with Gasteiger partial charge in [-0.15, -0.1) is 0 Å². The first-order chi connectivity index (χ1) is 20.0. The Hall–Kier alpha value is -4.75. The van der Waals surface area contributed by atoms with Crippen molar-refractivity contribution in [2.45, 2.75) is 11.8 Å². The molecule has 3 amide bonds. The molecule has 41 heavy (non-hydrogen) atoms. The van der Waals surface area contributed by atoms with Crippen molar-refractivity contribution < 1.29 is 23.9 Å². The Balaban J connectivity index is 1.19. The van der Waals surface area contributed by atoms with Crippen LogP contribution in [0.15, 0.2) is 97.1 Å². The number of hydrogen-bond acceptors (Lipinski definition) is 5. The first kappa shape index (κ1) is 25.2. The molecule has 1 heterocycles. The molecule has 1 aliphatic heterocycles. The molecular formula is C33H23ClN2O5. The molecule has 4 aliphatic rings. The van der Waals surface area contributed by atoms with Crippen molar-refractivity contribution in [1.29, 1.82) is 0 Å². The fourth-order valence-electron chi connectivity index (χ4n) is 6.71. The van der Waals surface area contributed by atoms with Gasteiger partial charge in [0.05, 0.1) is 33.8 Å². The van der Waals surface area contributed by atoms with E-state index in [-0.39, 0.29) is 34.9 Å². The third kappa shape index (κ3) is 3.88. The summed E-state index contributed by atoms with van der Waals surface area (Å²) in [5, 5.41) is 2.95. The minimum atomic E-state index is -0.820. The Labute approximate surface area is 240 Å². The van der Waals surface area contributed by atoms with E-state index in [9.17, 15) is 19.2 Å². The number of carbonyl (C=O) groups excluding carboxylic acids is 4. The van der Waals surface area contributed by atoms with Gasteiger partial charge in [-0.25, -0.2) is 9.69 Å². The molecule has 202 valence electrons. The van der Waals surface area contributed by atoms with Gasteiger partial charge >= 0.3 is 5.97 Å². The van der Waals surface area contributed by atoms with Gasteiger partial charge < -0.3 is 10.1 Å². The minimum absolute atomic E-state index is 0.0285. The standard InChI is InChI=1S/C33H23ClN2O5/c34-23-14-6-7-15-24(23)35-26(37)17-41-33(40)22-13-5-8-16-25(22)36-31(38)29-27-18-9-1-2-10-19(18)28(30(29)32(36)39)21-12-4-3-11-20(21)27/h1-16,27-30H,17H2,(H,35,37)/t27?,28?,29-,30+. The van der Waals surface area contributed by atoms with Gasteiger partial charge in [-0.2, -0.15) is 0 Å². The van der Waals surface area contributed by atoms with Gasteiger partial charge in [-0.05, 0) is 46.5 Å². The van der Waals surface area contributed by atoms with Crippen LogP contribution in [0.3, 0.4) is 0 Å². The van der Waals surface area contributed by atoms with Crippen LogP contribution in [-0.2, 0) is 19.1 Å². The normalized spacial score (nSPS) is 21.6. The number of ether oxygens (including phenoxy) is 1. The van der Waals surface area contributed by atoms with Crippen molar-refractivity contribution in [2.24, 2.45) is 11.8 Å². The predicted octanol–water partition coefficient (Wildman–Crippen LogP) is 5.53. The van der Waals surface area contributed by atoms with E-state index in [1.807, 2.05) is 48.5 Å². The molecule has 0 radical (unpaired) electrons. The highest BCUT2D eigenvalue weighted by molar-refractivity contribution is 6.33. The van der Waals surface area contributed by atoms with Gasteiger partial charge in [0, 0.05) is 11.8 Å². The van der Waals surface area contributed by atoms with Crippen LogP contribution in [-0.4, -0.2) is 30.3 Å². The van der Waals surface area contributed by atoms with Gasteiger partial charge in [0.1, 0.15) is 0 Å². The van der Waals surface area contributed by atoms with Crippen LogP contribution in [0.25, 0.3) is 0 Å². The number of anilines is 2. The summed E-state index contributed by atoms with van der Waals surface area (Å²) >= 11 is 6.09. The van der Waals surface area contributed by atoms with Crippen LogP contribution in [0.5, 0.6) is 0 Å². The van der Waals surface area contributed by atoms with Crippen molar-refractivity contribution >= 4 is 46.7 Å². The molecular weight excluding hydrogens is 540 g/mol. The number of nitrogens with zero attached hydrogens (tertiary/aromatic N) is 1. The van der Waals surface area contributed by atoms with Crippen LogP contribution >= 0.6 is 11.6 Å². The van der Waals surface area contributed by atoms with E-state index in [0.29, 0.717) is 10.7 Å². The van der Waals surface area contributed by atoms with Crippen LogP contribution in [0, 0.1) is 11.8 Å². The summed E-state index contributed by atoms with van der Waals surface area (Å²) in [6.45, 7) is -0.569. The second-order valence-corrected chi connectivity index (χ2v) is 10.8. The van der Waals surface area contributed by atoms with E-state index in [1.54, 1.807) is 42.5 Å². The molecule has 8 rings (SSSR count). The quantitative estimate of drug-likeness (QED) is 0.255. The number of hydrogen-bond donors (Lipinski definition) is 1. The first-order valence-electron chi connectivity index (χ1n) is 13.3. The number of rotatable bonds is 5. The van der Waals surface area contributed by atoms with Gasteiger partial charge in [0.2, 0.25) is 11.8 Å². The topological polar surface area (TPSA) is 92.8 Å². The Morgan fingerprint density at radius 3 is 1.76 bits per heavy atom. The van der Waals surface area contributed by atoms with Crippen LogP contribution in [0.2, 0.25) is 5.02 Å². The third-order valence-electron chi connectivity index (χ3n) is 8.30. The zero-order valence-electron chi connectivity index (χ0n) is 21.6. The molecule has 0 unspecified atom stereocenters. The Morgan fingerprint density at radius 1 is 0.707 bits per heavy atom. The maximum Gasteiger partial charge on any atom is 0.340 e. The Kier molecular flexibility index (Phi) is 5.98. The lowest BCUT2D eigenvalue weighted by Crippen LogP contribution is -2.41. The second kappa shape index (κ2) is 9.71. The average molecular weight is 563 g/mol. The van der Waals surface area contributed by atoms with E-state index in [1.165, 1.54) is 6.07 Å².